The van der Waals surface area contributed by atoms with Gasteiger partial charge in [-0.2, -0.15) is 5.10 Å². The summed E-state index contributed by atoms with van der Waals surface area (Å²) in [5.74, 6) is 6.38. The highest BCUT2D eigenvalue weighted by molar-refractivity contribution is 7.99. The third-order valence-corrected chi connectivity index (χ3v) is 6.22. The minimum atomic E-state index is -0.147. The standard InChI is InChI=1S/C24H25N7OS/c1-15-8-11-21(12-16(15)2)26-22(32)14-33-24-30-29-23(31(24)25)28-27-17(3)19-10-9-18-6-4-5-7-20(18)13-19/h4-13H,14,25H2,1-3H3,(H,26,32)(H,28,29)/b27-17+. The fourth-order valence-electron chi connectivity index (χ4n) is 3.21. The fraction of sp³-hybridized carbons (Fsp3) is 0.167. The number of thioether (sulfide) groups is 1. The predicted octanol–water partition coefficient (Wildman–Crippen LogP) is 4.33. The van der Waals surface area contributed by atoms with E-state index in [1.807, 2.05) is 57.2 Å². The number of nitrogen functional groups attached to an aromatic ring is 1. The smallest absolute Gasteiger partial charge is 0.264 e. The molecule has 0 bridgehead atoms. The molecule has 0 spiro atoms. The molecule has 1 aromatic heterocycles. The van der Waals surface area contributed by atoms with E-state index in [0.717, 1.165) is 27.9 Å². The molecule has 4 rings (SSSR count). The number of amides is 1. The molecule has 8 nitrogen and oxygen atoms in total. The highest BCUT2D eigenvalue weighted by atomic mass is 32.2. The van der Waals surface area contributed by atoms with Gasteiger partial charge in [-0.25, -0.2) is 10.1 Å². The fourth-order valence-corrected chi connectivity index (χ4v) is 3.87. The number of carbonyl (C=O) groups excluding carboxylic acids is 1. The molecule has 4 N–H and O–H groups in total. The van der Waals surface area contributed by atoms with Crippen molar-refractivity contribution in [2.24, 2.45) is 5.10 Å². The summed E-state index contributed by atoms with van der Waals surface area (Å²) in [7, 11) is 0. The maximum atomic E-state index is 12.3. The number of hydrogen-bond donors (Lipinski definition) is 3. The van der Waals surface area contributed by atoms with E-state index in [1.54, 1.807) is 0 Å². The van der Waals surface area contributed by atoms with E-state index >= 15 is 0 Å². The molecule has 0 saturated heterocycles. The van der Waals surface area contributed by atoms with Crippen LogP contribution in [0.25, 0.3) is 10.8 Å². The van der Waals surface area contributed by atoms with Gasteiger partial charge in [0.25, 0.3) is 5.95 Å². The summed E-state index contributed by atoms with van der Waals surface area (Å²) in [5, 5.41) is 18.1. The van der Waals surface area contributed by atoms with Gasteiger partial charge in [-0.1, -0.05) is 54.2 Å². The Morgan fingerprint density at radius 1 is 1.03 bits per heavy atom. The Kier molecular flexibility index (Phi) is 6.60. The third-order valence-electron chi connectivity index (χ3n) is 5.28. The lowest BCUT2D eigenvalue weighted by atomic mass is 10.0. The molecule has 9 heteroatoms. The number of nitrogens with zero attached hydrogens (tertiary/aromatic N) is 4. The Balaban J connectivity index is 1.36. The average Bonchev–Trinajstić information content (AvgIpc) is 3.17. The van der Waals surface area contributed by atoms with E-state index in [-0.39, 0.29) is 17.6 Å². The molecule has 3 aromatic carbocycles. The minimum absolute atomic E-state index is 0.147. The number of anilines is 2. The second kappa shape index (κ2) is 9.74. The van der Waals surface area contributed by atoms with Gasteiger partial charge in [0.05, 0.1) is 11.5 Å². The molecule has 1 heterocycles. The number of hydrazone groups is 1. The van der Waals surface area contributed by atoms with Crippen LogP contribution in [0.1, 0.15) is 23.6 Å². The number of aromatic nitrogens is 3. The molecule has 0 radical (unpaired) electrons. The van der Waals surface area contributed by atoms with E-state index in [9.17, 15) is 4.79 Å². The zero-order valence-electron chi connectivity index (χ0n) is 18.7. The molecular weight excluding hydrogens is 434 g/mol. The van der Waals surface area contributed by atoms with Crippen LogP contribution in [0.3, 0.4) is 0 Å². The lowest BCUT2D eigenvalue weighted by Crippen LogP contribution is -2.17. The number of carbonyl (C=O) groups is 1. The van der Waals surface area contributed by atoms with E-state index in [4.69, 9.17) is 5.84 Å². The van der Waals surface area contributed by atoms with Crippen LogP contribution in [0, 0.1) is 13.8 Å². The lowest BCUT2D eigenvalue weighted by molar-refractivity contribution is -0.113. The molecule has 4 aromatic rings. The van der Waals surface area contributed by atoms with Crippen molar-refractivity contribution >= 4 is 45.8 Å². The van der Waals surface area contributed by atoms with Crippen LogP contribution >= 0.6 is 11.8 Å². The maximum absolute atomic E-state index is 12.3. The van der Waals surface area contributed by atoms with Crippen molar-refractivity contribution in [1.82, 2.24) is 14.9 Å². The van der Waals surface area contributed by atoms with Crippen molar-refractivity contribution in [3.63, 3.8) is 0 Å². The van der Waals surface area contributed by atoms with Crippen LogP contribution in [0.2, 0.25) is 0 Å². The van der Waals surface area contributed by atoms with Crippen LogP contribution in [0.5, 0.6) is 0 Å². The number of nitrogens with two attached hydrogens (primary N) is 1. The molecule has 0 atom stereocenters. The average molecular weight is 460 g/mol. The molecule has 168 valence electrons. The van der Waals surface area contributed by atoms with Crippen molar-refractivity contribution < 1.29 is 4.79 Å². The Morgan fingerprint density at radius 3 is 2.61 bits per heavy atom. The van der Waals surface area contributed by atoms with Crippen LogP contribution in [-0.2, 0) is 4.79 Å². The number of benzene rings is 3. The first-order valence-electron chi connectivity index (χ1n) is 10.4. The van der Waals surface area contributed by atoms with Crippen LogP contribution in [-0.4, -0.2) is 32.2 Å². The normalized spacial score (nSPS) is 11.5. The molecule has 0 aliphatic heterocycles. The zero-order chi connectivity index (χ0) is 23.4. The highest BCUT2D eigenvalue weighted by Crippen LogP contribution is 2.19. The number of nitrogens with one attached hydrogen (secondary N) is 2. The highest BCUT2D eigenvalue weighted by Gasteiger charge is 2.12. The largest absolute Gasteiger partial charge is 0.334 e. The van der Waals surface area contributed by atoms with Gasteiger partial charge >= 0.3 is 0 Å². The monoisotopic (exact) mass is 459 g/mol. The van der Waals surface area contributed by atoms with E-state index in [0.29, 0.717) is 5.16 Å². The van der Waals surface area contributed by atoms with Crippen LogP contribution < -0.4 is 16.6 Å². The second-order valence-electron chi connectivity index (χ2n) is 7.68. The summed E-state index contributed by atoms with van der Waals surface area (Å²) < 4.78 is 1.28. The molecule has 0 fully saturated rings. The Labute approximate surface area is 196 Å². The summed E-state index contributed by atoms with van der Waals surface area (Å²) >= 11 is 1.20. The quantitative estimate of drug-likeness (QED) is 0.164. The molecule has 0 aliphatic carbocycles. The van der Waals surface area contributed by atoms with Crippen LogP contribution in [0.15, 0.2) is 70.9 Å². The first-order chi connectivity index (χ1) is 15.9. The first-order valence-corrected chi connectivity index (χ1v) is 11.4. The molecule has 33 heavy (non-hydrogen) atoms. The van der Waals surface area contributed by atoms with Gasteiger partial charge in [-0.3, -0.25) is 4.79 Å². The summed E-state index contributed by atoms with van der Waals surface area (Å²) in [6.45, 7) is 5.94. The molecule has 0 unspecified atom stereocenters. The molecule has 1 amide bonds. The van der Waals surface area contributed by atoms with Crippen molar-refractivity contribution in [2.75, 3.05) is 22.3 Å². The summed E-state index contributed by atoms with van der Waals surface area (Å²) in [4.78, 5) is 12.3. The topological polar surface area (TPSA) is 110 Å². The second-order valence-corrected chi connectivity index (χ2v) is 8.63. The summed E-state index contributed by atoms with van der Waals surface area (Å²) in [5.41, 5.74) is 7.69. The van der Waals surface area contributed by atoms with Gasteiger partial charge in [0.2, 0.25) is 11.1 Å². The number of hydrogen-bond acceptors (Lipinski definition) is 7. The minimum Gasteiger partial charge on any atom is -0.334 e. The Morgan fingerprint density at radius 2 is 1.82 bits per heavy atom. The van der Waals surface area contributed by atoms with E-state index < -0.39 is 0 Å². The lowest BCUT2D eigenvalue weighted by Gasteiger charge is -2.08. The third kappa shape index (κ3) is 5.32. The van der Waals surface area contributed by atoms with Crippen LogP contribution in [0.4, 0.5) is 11.6 Å². The predicted molar refractivity (Wildman–Crippen MR) is 135 cm³/mol. The van der Waals surface area contributed by atoms with E-state index in [1.165, 1.54) is 27.4 Å². The van der Waals surface area contributed by atoms with Gasteiger partial charge in [-0.15, -0.1) is 10.2 Å². The Bertz CT molecular complexity index is 1350. The van der Waals surface area contributed by atoms with Crippen molar-refractivity contribution in [3.8, 4) is 0 Å². The SMILES string of the molecule is C/C(=N\Nc1nnc(SCC(=O)Nc2ccc(C)c(C)c2)n1N)c1ccc2ccccc2c1. The number of aryl methyl sites for hydroxylation is 2. The Hall–Kier alpha value is -3.85. The van der Waals surface area contributed by atoms with Crippen molar-refractivity contribution in [3.05, 3.63) is 77.4 Å². The first kappa shape index (κ1) is 22.3. The van der Waals surface area contributed by atoms with E-state index in [2.05, 4.69) is 50.3 Å². The van der Waals surface area contributed by atoms with Gasteiger partial charge in [-0.05, 0) is 66.4 Å². The molecule has 0 aliphatic rings. The van der Waals surface area contributed by atoms with Gasteiger partial charge in [0.1, 0.15) is 0 Å². The number of rotatable bonds is 7. The number of fused-ring (bicyclic) bond motifs is 1. The van der Waals surface area contributed by atoms with Gasteiger partial charge < -0.3 is 11.2 Å². The molecular formula is C24H25N7OS. The summed E-state index contributed by atoms with van der Waals surface area (Å²) in [6.07, 6.45) is 0. The zero-order valence-corrected chi connectivity index (χ0v) is 19.5. The van der Waals surface area contributed by atoms with Gasteiger partial charge in [0.15, 0.2) is 0 Å². The van der Waals surface area contributed by atoms with Crippen molar-refractivity contribution in [1.29, 1.82) is 0 Å². The molecule has 0 saturated carbocycles. The maximum Gasteiger partial charge on any atom is 0.264 e. The van der Waals surface area contributed by atoms with Crippen molar-refractivity contribution in [2.45, 2.75) is 25.9 Å². The summed E-state index contributed by atoms with van der Waals surface area (Å²) in [6, 6.07) is 20.1. The van der Waals surface area contributed by atoms with Gasteiger partial charge in [0, 0.05) is 5.69 Å².